The van der Waals surface area contributed by atoms with Crippen molar-refractivity contribution >= 4 is 12.0 Å². The predicted octanol–water partition coefficient (Wildman–Crippen LogP) is 2.09. The molecule has 1 fully saturated rings. The van der Waals surface area contributed by atoms with Crippen LogP contribution in [0.4, 0.5) is 4.79 Å². The van der Waals surface area contributed by atoms with Gasteiger partial charge in [-0.25, -0.2) is 4.79 Å². The first kappa shape index (κ1) is 22.6. The molecule has 166 valence electrons. The van der Waals surface area contributed by atoms with Crippen LogP contribution in [0.15, 0.2) is 24.3 Å². The molecule has 1 aromatic rings. The molecule has 1 atom stereocenters. The van der Waals surface area contributed by atoms with Gasteiger partial charge in [0.05, 0.1) is 13.2 Å². The first-order chi connectivity index (χ1) is 14.6. The molecule has 1 aromatic carbocycles. The zero-order valence-corrected chi connectivity index (χ0v) is 18.3. The third-order valence-corrected chi connectivity index (χ3v) is 6.12. The summed E-state index contributed by atoms with van der Waals surface area (Å²) in [6, 6.07) is 9.08. The van der Waals surface area contributed by atoms with Crippen LogP contribution in [0.5, 0.6) is 0 Å². The molecule has 1 saturated heterocycles. The van der Waals surface area contributed by atoms with Crippen LogP contribution >= 0.6 is 0 Å². The van der Waals surface area contributed by atoms with Crippen molar-refractivity contribution < 1.29 is 19.1 Å². The normalized spacial score (nSPS) is 19.3. The number of urea groups is 1. The lowest BCUT2D eigenvalue weighted by Crippen LogP contribution is -2.50. The highest BCUT2D eigenvalue weighted by molar-refractivity contribution is 5.80. The van der Waals surface area contributed by atoms with Gasteiger partial charge in [0, 0.05) is 32.8 Å². The molecule has 1 heterocycles. The number of carbonyl (C=O) groups excluding carboxylic acids is 2. The van der Waals surface area contributed by atoms with E-state index in [0.29, 0.717) is 38.3 Å². The molecule has 0 spiro atoms. The maximum absolute atomic E-state index is 12.7. The number of amides is 2. The second-order valence-corrected chi connectivity index (χ2v) is 8.24. The first-order valence-corrected chi connectivity index (χ1v) is 11.1. The summed E-state index contributed by atoms with van der Waals surface area (Å²) in [4.78, 5) is 28.6. The minimum atomic E-state index is -0.415. The van der Waals surface area contributed by atoms with E-state index in [1.54, 1.807) is 18.9 Å². The van der Waals surface area contributed by atoms with Gasteiger partial charge in [-0.3, -0.25) is 9.69 Å². The highest BCUT2D eigenvalue weighted by Gasteiger charge is 2.31. The summed E-state index contributed by atoms with van der Waals surface area (Å²) in [5, 5.41) is 2.69. The molecular weight excluding hydrogens is 382 g/mol. The Hall–Kier alpha value is -2.12. The van der Waals surface area contributed by atoms with E-state index in [-0.39, 0.29) is 12.6 Å². The smallest absolute Gasteiger partial charge is 0.325 e. The second kappa shape index (κ2) is 11.3. The van der Waals surface area contributed by atoms with E-state index < -0.39 is 5.97 Å². The Kier molecular flexibility index (Phi) is 8.51. The van der Waals surface area contributed by atoms with E-state index in [2.05, 4.69) is 34.5 Å². The number of esters is 1. The van der Waals surface area contributed by atoms with Crippen molar-refractivity contribution in [3.05, 3.63) is 35.4 Å². The van der Waals surface area contributed by atoms with Crippen LogP contribution in [0.25, 0.3) is 0 Å². The topological polar surface area (TPSA) is 71.1 Å². The number of hydrogen-bond donors (Lipinski definition) is 1. The van der Waals surface area contributed by atoms with E-state index in [0.717, 1.165) is 38.8 Å². The molecule has 1 aliphatic carbocycles. The van der Waals surface area contributed by atoms with Crippen LogP contribution in [0.3, 0.4) is 0 Å². The summed E-state index contributed by atoms with van der Waals surface area (Å²) in [7, 11) is 1.63. The van der Waals surface area contributed by atoms with Gasteiger partial charge < -0.3 is 19.7 Å². The number of ether oxygens (including phenoxy) is 2. The van der Waals surface area contributed by atoms with E-state index in [4.69, 9.17) is 9.47 Å². The minimum Gasteiger partial charge on any atom is -0.465 e. The predicted molar refractivity (Wildman–Crippen MR) is 115 cm³/mol. The van der Waals surface area contributed by atoms with Crippen LogP contribution in [-0.4, -0.2) is 80.9 Å². The first-order valence-electron chi connectivity index (χ1n) is 11.1. The Morgan fingerprint density at radius 2 is 1.97 bits per heavy atom. The third-order valence-electron chi connectivity index (χ3n) is 6.12. The highest BCUT2D eigenvalue weighted by atomic mass is 16.5. The molecule has 0 unspecified atom stereocenters. The second-order valence-electron chi connectivity index (χ2n) is 8.24. The molecule has 1 aliphatic heterocycles. The lowest BCUT2D eigenvalue weighted by molar-refractivity contribution is -0.141. The molecule has 7 heteroatoms. The zero-order chi connectivity index (χ0) is 21.3. The van der Waals surface area contributed by atoms with Crippen LogP contribution in [0, 0.1) is 5.92 Å². The summed E-state index contributed by atoms with van der Waals surface area (Å²) in [6.45, 7) is 5.75. The average molecular weight is 418 g/mol. The van der Waals surface area contributed by atoms with Gasteiger partial charge in [-0.15, -0.1) is 0 Å². The molecule has 0 radical (unpaired) electrons. The van der Waals surface area contributed by atoms with Crippen molar-refractivity contribution in [1.82, 2.24) is 15.1 Å². The van der Waals surface area contributed by atoms with Crippen molar-refractivity contribution in [2.45, 2.75) is 38.6 Å². The number of piperidine rings is 1. The maximum Gasteiger partial charge on any atom is 0.325 e. The zero-order valence-electron chi connectivity index (χ0n) is 18.3. The number of nitrogens with one attached hydrogen (secondary N) is 1. The minimum absolute atomic E-state index is 0.104. The number of fused-ring (bicyclic) bond motifs is 1. The van der Waals surface area contributed by atoms with E-state index in [9.17, 15) is 9.59 Å². The number of hydrogen-bond acceptors (Lipinski definition) is 5. The molecule has 0 bridgehead atoms. The number of carbonyl (C=O) groups is 2. The fourth-order valence-electron chi connectivity index (χ4n) is 4.63. The highest BCUT2D eigenvalue weighted by Crippen LogP contribution is 2.29. The summed E-state index contributed by atoms with van der Waals surface area (Å²) in [6.07, 6.45) is 4.51. The van der Waals surface area contributed by atoms with Crippen LogP contribution in [0.1, 0.15) is 30.9 Å². The Morgan fingerprint density at radius 1 is 1.23 bits per heavy atom. The summed E-state index contributed by atoms with van der Waals surface area (Å²) in [5.41, 5.74) is 2.95. The Balaban J connectivity index is 1.53. The van der Waals surface area contributed by atoms with E-state index in [1.165, 1.54) is 11.1 Å². The summed E-state index contributed by atoms with van der Waals surface area (Å²) < 4.78 is 10.1. The van der Waals surface area contributed by atoms with Gasteiger partial charge in [-0.2, -0.15) is 0 Å². The van der Waals surface area contributed by atoms with Gasteiger partial charge in [-0.05, 0) is 56.2 Å². The molecule has 7 nitrogen and oxygen atoms in total. The molecule has 1 N–H and O–H groups in total. The van der Waals surface area contributed by atoms with Crippen molar-refractivity contribution in [1.29, 1.82) is 0 Å². The summed E-state index contributed by atoms with van der Waals surface area (Å²) in [5.74, 6) is 0.00912. The molecule has 0 saturated carbocycles. The van der Waals surface area contributed by atoms with Gasteiger partial charge in [0.2, 0.25) is 0 Å². The number of nitrogens with zero attached hydrogens (tertiary/aromatic N) is 2. The number of benzene rings is 1. The molecule has 2 amide bonds. The molecular formula is C23H35N3O4. The summed E-state index contributed by atoms with van der Waals surface area (Å²) >= 11 is 0. The van der Waals surface area contributed by atoms with Crippen molar-refractivity contribution in [3.8, 4) is 0 Å². The fourth-order valence-corrected chi connectivity index (χ4v) is 4.63. The third kappa shape index (κ3) is 6.19. The number of likely N-dealkylation sites (tertiary alicyclic amines) is 1. The number of rotatable bonds is 9. The number of methoxy groups -OCH3 is 1. The Bertz CT molecular complexity index is 686. The monoisotopic (exact) mass is 417 g/mol. The lowest BCUT2D eigenvalue weighted by atomic mass is 9.95. The van der Waals surface area contributed by atoms with Crippen LogP contribution < -0.4 is 5.32 Å². The average Bonchev–Trinajstić information content (AvgIpc) is 3.20. The van der Waals surface area contributed by atoms with Crippen molar-refractivity contribution in [2.75, 3.05) is 53.0 Å². The van der Waals surface area contributed by atoms with Crippen molar-refractivity contribution in [2.24, 2.45) is 5.92 Å². The van der Waals surface area contributed by atoms with Crippen molar-refractivity contribution in [3.63, 3.8) is 0 Å². The lowest BCUT2D eigenvalue weighted by Gasteiger charge is -2.38. The van der Waals surface area contributed by atoms with E-state index >= 15 is 0 Å². The maximum atomic E-state index is 12.7. The van der Waals surface area contributed by atoms with Crippen LogP contribution in [-0.2, 0) is 27.1 Å². The van der Waals surface area contributed by atoms with Gasteiger partial charge in [0.1, 0.15) is 6.54 Å². The molecule has 30 heavy (non-hydrogen) atoms. The fraction of sp³-hybridized carbons (Fsp3) is 0.652. The SMILES string of the molecule is CCOC(=O)CNC(=O)N(CCOC)C[C@@H]1CCCN(C2Cc3ccccc3C2)C1. The Morgan fingerprint density at radius 3 is 2.63 bits per heavy atom. The van der Waals surface area contributed by atoms with E-state index in [1.807, 2.05) is 0 Å². The van der Waals surface area contributed by atoms with Gasteiger partial charge in [0.25, 0.3) is 0 Å². The largest absolute Gasteiger partial charge is 0.465 e. The molecule has 0 aromatic heterocycles. The quantitative estimate of drug-likeness (QED) is 0.623. The molecule has 2 aliphatic rings. The van der Waals surface area contributed by atoms with Gasteiger partial charge >= 0.3 is 12.0 Å². The van der Waals surface area contributed by atoms with Gasteiger partial charge in [0.15, 0.2) is 0 Å². The Labute approximate surface area is 179 Å². The standard InChI is InChI=1S/C23H35N3O4/c1-3-30-22(27)15-24-23(28)26(11-12-29-2)17-18-7-6-10-25(16-18)21-13-19-8-4-5-9-20(19)14-21/h4-5,8-9,18,21H,3,6-7,10-17H2,1-2H3,(H,24,28)/t18-/m1/s1. The van der Waals surface area contributed by atoms with Crippen LogP contribution in [0.2, 0.25) is 0 Å². The molecule has 3 rings (SSSR count). The van der Waals surface area contributed by atoms with Gasteiger partial charge in [-0.1, -0.05) is 24.3 Å².